The van der Waals surface area contributed by atoms with Crippen LogP contribution in [0.5, 0.6) is 0 Å². The molecule has 3 amide bonds. The van der Waals surface area contributed by atoms with Gasteiger partial charge >= 0.3 is 6.09 Å². The lowest BCUT2D eigenvalue weighted by Crippen LogP contribution is -2.53. The molecule has 4 rings (SSSR count). The maximum absolute atomic E-state index is 12.9. The first-order valence-corrected chi connectivity index (χ1v) is 13.4. The number of amidine groups is 1. The molecule has 0 aliphatic carbocycles. The smallest absolute Gasteiger partial charge is 0.413 e. The first-order chi connectivity index (χ1) is 19.3. The molecule has 3 aromatic rings. The van der Waals surface area contributed by atoms with E-state index in [2.05, 4.69) is 28.1 Å². The van der Waals surface area contributed by atoms with Gasteiger partial charge in [-0.15, -0.1) is 12.4 Å². The monoisotopic (exact) mass is 577 g/mol. The van der Waals surface area contributed by atoms with Crippen LogP contribution in [0.4, 0.5) is 4.79 Å². The summed E-state index contributed by atoms with van der Waals surface area (Å²) in [5.41, 5.74) is 3.24. The third-order valence-corrected chi connectivity index (χ3v) is 7.12. The van der Waals surface area contributed by atoms with E-state index in [1.165, 1.54) is 5.56 Å². The molecular weight excluding hydrogens is 542 g/mol. The van der Waals surface area contributed by atoms with Crippen LogP contribution in [0.3, 0.4) is 0 Å². The Balaban J connectivity index is 0.00000462. The highest BCUT2D eigenvalue weighted by Gasteiger charge is 2.29. The third kappa shape index (κ3) is 8.64. The standard InChI is InChI=1S/C31H35N5O4.ClH/c1-21(35-30(38)27-18-26(16-17-33-27)24-10-6-3-7-11-24)29(37)34-19-22-12-14-25(15-13-22)28(32)36(31(39)40)20-23-8-4-2-5-9-23;/h2-15,21,26-27,32-33H,16-20H2,1H3,(H,34,37)(H,35,38)(H,39,40);1H/t21-,26-,27+;/m0./s1. The molecule has 41 heavy (non-hydrogen) atoms. The molecule has 3 atom stereocenters. The van der Waals surface area contributed by atoms with E-state index in [1.807, 2.05) is 48.5 Å². The number of carbonyl (C=O) groups excluding carboxylic acids is 2. The van der Waals surface area contributed by atoms with Crippen molar-refractivity contribution in [1.29, 1.82) is 5.41 Å². The van der Waals surface area contributed by atoms with Crippen molar-refractivity contribution >= 4 is 36.2 Å². The molecule has 1 aliphatic rings. The number of amides is 3. The number of benzene rings is 3. The zero-order valence-corrected chi connectivity index (χ0v) is 23.7. The Morgan fingerprint density at radius 2 is 1.61 bits per heavy atom. The van der Waals surface area contributed by atoms with Gasteiger partial charge in [-0.2, -0.15) is 0 Å². The fourth-order valence-corrected chi connectivity index (χ4v) is 4.81. The summed E-state index contributed by atoms with van der Waals surface area (Å²) in [6.45, 7) is 2.70. The van der Waals surface area contributed by atoms with Gasteiger partial charge in [-0.3, -0.25) is 19.9 Å². The molecule has 0 spiro atoms. The fraction of sp³-hybridized carbons (Fsp3) is 0.290. The quantitative estimate of drug-likeness (QED) is 0.191. The lowest BCUT2D eigenvalue weighted by atomic mass is 9.86. The van der Waals surface area contributed by atoms with Gasteiger partial charge in [0.1, 0.15) is 11.9 Å². The van der Waals surface area contributed by atoms with Crippen LogP contribution in [0.1, 0.15) is 47.9 Å². The van der Waals surface area contributed by atoms with E-state index in [1.54, 1.807) is 31.2 Å². The van der Waals surface area contributed by atoms with Crippen molar-refractivity contribution in [3.63, 3.8) is 0 Å². The average molecular weight is 578 g/mol. The zero-order valence-electron chi connectivity index (χ0n) is 22.9. The van der Waals surface area contributed by atoms with Gasteiger partial charge in [0, 0.05) is 12.1 Å². The molecule has 1 heterocycles. The van der Waals surface area contributed by atoms with Gasteiger partial charge < -0.3 is 21.1 Å². The number of hydrogen-bond donors (Lipinski definition) is 5. The van der Waals surface area contributed by atoms with Gasteiger partial charge in [0.2, 0.25) is 11.8 Å². The summed E-state index contributed by atoms with van der Waals surface area (Å²) in [5.74, 6) is -0.327. The van der Waals surface area contributed by atoms with Crippen molar-refractivity contribution < 1.29 is 19.5 Å². The van der Waals surface area contributed by atoms with Crippen LogP contribution in [0.25, 0.3) is 0 Å². The van der Waals surface area contributed by atoms with Gasteiger partial charge in [-0.05, 0) is 48.9 Å². The predicted octanol–water partition coefficient (Wildman–Crippen LogP) is 4.27. The van der Waals surface area contributed by atoms with E-state index in [0.717, 1.165) is 29.0 Å². The molecule has 0 bridgehead atoms. The maximum Gasteiger partial charge on any atom is 0.413 e. The minimum Gasteiger partial charge on any atom is -0.465 e. The molecule has 3 aromatic carbocycles. The SMILES string of the molecule is C[C@H](NC(=O)[C@H]1C[C@@H](c2ccccc2)CCN1)C(=O)NCc1ccc(C(=N)N(Cc2ccccc2)C(=O)O)cc1.Cl. The minimum absolute atomic E-state index is 0. The van der Waals surface area contributed by atoms with Crippen molar-refractivity contribution in [3.05, 3.63) is 107 Å². The summed E-state index contributed by atoms with van der Waals surface area (Å²) in [4.78, 5) is 38.3. The molecule has 0 saturated carbocycles. The molecule has 1 saturated heterocycles. The molecule has 1 fully saturated rings. The van der Waals surface area contributed by atoms with Crippen molar-refractivity contribution in [2.24, 2.45) is 0 Å². The van der Waals surface area contributed by atoms with Crippen LogP contribution in [0.2, 0.25) is 0 Å². The van der Waals surface area contributed by atoms with Gasteiger partial charge in [0.05, 0.1) is 12.6 Å². The van der Waals surface area contributed by atoms with E-state index < -0.39 is 12.1 Å². The Kier molecular flexibility index (Phi) is 11.4. The van der Waals surface area contributed by atoms with Gasteiger partial charge in [0.25, 0.3) is 0 Å². The highest BCUT2D eigenvalue weighted by atomic mass is 35.5. The Labute approximate surface area is 246 Å². The van der Waals surface area contributed by atoms with Crippen molar-refractivity contribution in [2.75, 3.05) is 6.54 Å². The van der Waals surface area contributed by atoms with Crippen molar-refractivity contribution in [3.8, 4) is 0 Å². The number of nitrogens with one attached hydrogen (secondary N) is 4. The average Bonchev–Trinajstić information content (AvgIpc) is 2.99. The summed E-state index contributed by atoms with van der Waals surface area (Å²) >= 11 is 0. The van der Waals surface area contributed by atoms with E-state index in [9.17, 15) is 19.5 Å². The van der Waals surface area contributed by atoms with Crippen molar-refractivity contribution in [2.45, 2.75) is 50.9 Å². The van der Waals surface area contributed by atoms with E-state index >= 15 is 0 Å². The molecule has 0 radical (unpaired) electrons. The molecule has 0 unspecified atom stereocenters. The van der Waals surface area contributed by atoms with Gasteiger partial charge in [0.15, 0.2) is 0 Å². The molecule has 5 N–H and O–H groups in total. The summed E-state index contributed by atoms with van der Waals surface area (Å²) in [5, 5.41) is 27.0. The lowest BCUT2D eigenvalue weighted by Gasteiger charge is -2.30. The van der Waals surface area contributed by atoms with Crippen LogP contribution in [0.15, 0.2) is 84.9 Å². The number of hydrogen-bond acceptors (Lipinski definition) is 5. The van der Waals surface area contributed by atoms with E-state index in [0.29, 0.717) is 17.9 Å². The number of nitrogens with zero attached hydrogens (tertiary/aromatic N) is 1. The molecule has 1 aliphatic heterocycles. The lowest BCUT2D eigenvalue weighted by molar-refractivity contribution is -0.130. The minimum atomic E-state index is -1.21. The number of rotatable bonds is 9. The number of carbonyl (C=O) groups is 3. The van der Waals surface area contributed by atoms with Crippen LogP contribution in [-0.4, -0.2) is 52.4 Å². The highest BCUT2D eigenvalue weighted by molar-refractivity contribution is 6.04. The van der Waals surface area contributed by atoms with E-state index in [-0.39, 0.29) is 49.2 Å². The normalized spacial score (nSPS) is 16.9. The summed E-state index contributed by atoms with van der Waals surface area (Å²) < 4.78 is 0. The van der Waals surface area contributed by atoms with Crippen LogP contribution in [0, 0.1) is 5.41 Å². The fourth-order valence-electron chi connectivity index (χ4n) is 4.81. The van der Waals surface area contributed by atoms with Crippen LogP contribution >= 0.6 is 12.4 Å². The molecular formula is C31H36ClN5O4. The molecule has 10 heteroatoms. The Morgan fingerprint density at radius 1 is 0.976 bits per heavy atom. The Hall–Kier alpha value is -4.21. The van der Waals surface area contributed by atoms with Gasteiger partial charge in [-0.1, -0.05) is 84.9 Å². The predicted molar refractivity (Wildman–Crippen MR) is 160 cm³/mol. The highest BCUT2D eigenvalue weighted by Crippen LogP contribution is 2.27. The number of piperidine rings is 1. The summed E-state index contributed by atoms with van der Waals surface area (Å²) in [6, 6.07) is 25.0. The molecule has 0 aromatic heterocycles. The Bertz CT molecular complexity index is 1320. The first kappa shape index (κ1) is 31.3. The second kappa shape index (κ2) is 15.0. The number of halogens is 1. The van der Waals surface area contributed by atoms with Gasteiger partial charge in [-0.25, -0.2) is 4.79 Å². The number of carboxylic acid groups (broad SMARTS) is 1. The topological polar surface area (TPSA) is 135 Å². The second-order valence-corrected chi connectivity index (χ2v) is 9.99. The largest absolute Gasteiger partial charge is 0.465 e. The third-order valence-electron chi connectivity index (χ3n) is 7.12. The second-order valence-electron chi connectivity index (χ2n) is 9.99. The van der Waals surface area contributed by atoms with Crippen LogP contribution in [-0.2, 0) is 22.7 Å². The first-order valence-electron chi connectivity index (χ1n) is 13.4. The molecule has 9 nitrogen and oxygen atoms in total. The van der Waals surface area contributed by atoms with Crippen LogP contribution < -0.4 is 16.0 Å². The summed E-state index contributed by atoms with van der Waals surface area (Å²) in [7, 11) is 0. The molecule has 216 valence electrons. The zero-order chi connectivity index (χ0) is 28.5. The summed E-state index contributed by atoms with van der Waals surface area (Å²) in [6.07, 6.45) is 0.430. The van der Waals surface area contributed by atoms with E-state index in [4.69, 9.17) is 5.41 Å². The Morgan fingerprint density at radius 3 is 2.24 bits per heavy atom. The maximum atomic E-state index is 12.9. The van der Waals surface area contributed by atoms with Crippen molar-refractivity contribution in [1.82, 2.24) is 20.9 Å².